The van der Waals surface area contributed by atoms with Crippen molar-refractivity contribution in [2.24, 2.45) is 0 Å². The van der Waals surface area contributed by atoms with Gasteiger partial charge in [-0.15, -0.1) is 0 Å². The van der Waals surface area contributed by atoms with Gasteiger partial charge in [-0.25, -0.2) is 0 Å². The predicted molar refractivity (Wildman–Crippen MR) is 176 cm³/mol. The summed E-state index contributed by atoms with van der Waals surface area (Å²) in [6.07, 6.45) is 0. The Hall–Kier alpha value is -4.16. The second kappa shape index (κ2) is 8.68. The summed E-state index contributed by atoms with van der Waals surface area (Å²) < 4.78 is 14.7. The molecule has 2 aromatic heterocycles. The lowest BCUT2D eigenvalue weighted by atomic mass is 9.80. The quantitative estimate of drug-likeness (QED) is 0.199. The summed E-state index contributed by atoms with van der Waals surface area (Å²) in [5, 5.41) is 17.3. The minimum Gasteiger partial charge on any atom is -0.455 e. The normalized spacial score (nSPS) is 16.1. The zero-order valence-electron chi connectivity index (χ0n) is 22.0. The van der Waals surface area contributed by atoms with E-state index in [1.165, 1.54) is 0 Å². The zero-order chi connectivity index (χ0) is 28.2. The monoisotopic (exact) mass is 670 g/mol. The third kappa shape index (κ3) is 3.08. The molecule has 0 aliphatic heterocycles. The van der Waals surface area contributed by atoms with Crippen molar-refractivity contribution in [1.82, 2.24) is 0 Å². The maximum Gasteiger partial charge on any atom is 0.150 e. The molecule has 1 N–H and O–H groups in total. The topological polar surface area (TPSA) is 46.5 Å². The van der Waals surface area contributed by atoms with Crippen LogP contribution in [0.1, 0.15) is 16.7 Å². The highest BCUT2D eigenvalue weighted by Gasteiger charge is 2.48. The van der Waals surface area contributed by atoms with Crippen LogP contribution in [-0.2, 0) is 5.60 Å². The molecule has 1 unspecified atom stereocenters. The van der Waals surface area contributed by atoms with Gasteiger partial charge < -0.3 is 13.9 Å². The van der Waals surface area contributed by atoms with Crippen LogP contribution in [0.25, 0.3) is 66.1 Å². The first-order valence-corrected chi connectivity index (χ1v) is 15.3. The van der Waals surface area contributed by atoms with Gasteiger partial charge in [0.2, 0.25) is 0 Å². The molecular formula is C37H20Br2O3. The summed E-state index contributed by atoms with van der Waals surface area (Å²) in [5.74, 6) is 0. The highest BCUT2D eigenvalue weighted by atomic mass is 79.9. The Morgan fingerprint density at radius 2 is 1.10 bits per heavy atom. The van der Waals surface area contributed by atoms with E-state index in [0.717, 1.165) is 91.8 Å². The van der Waals surface area contributed by atoms with Gasteiger partial charge in [0.05, 0.1) is 4.47 Å². The van der Waals surface area contributed by atoms with E-state index in [2.05, 4.69) is 68.3 Å². The second-order valence-corrected chi connectivity index (χ2v) is 12.5. The molecule has 0 saturated carbocycles. The minimum atomic E-state index is -1.48. The van der Waals surface area contributed by atoms with Crippen molar-refractivity contribution in [2.45, 2.75) is 5.60 Å². The molecule has 0 radical (unpaired) electrons. The summed E-state index contributed by atoms with van der Waals surface area (Å²) in [4.78, 5) is 0. The summed E-state index contributed by atoms with van der Waals surface area (Å²) in [6, 6.07) is 38.6. The second-order valence-electron chi connectivity index (χ2n) is 10.8. The Labute approximate surface area is 257 Å². The summed E-state index contributed by atoms with van der Waals surface area (Å²) in [7, 11) is 0. The maximum atomic E-state index is 13.3. The van der Waals surface area contributed by atoms with E-state index in [0.29, 0.717) is 0 Å². The van der Waals surface area contributed by atoms with Crippen molar-refractivity contribution in [2.75, 3.05) is 0 Å². The molecule has 1 aliphatic rings. The molecule has 1 atom stereocenters. The van der Waals surface area contributed by atoms with Crippen LogP contribution in [0.3, 0.4) is 0 Å². The van der Waals surface area contributed by atoms with Gasteiger partial charge in [-0.2, -0.15) is 0 Å². The average Bonchev–Trinajstić information content (AvgIpc) is 3.68. The molecule has 42 heavy (non-hydrogen) atoms. The van der Waals surface area contributed by atoms with Gasteiger partial charge in [0.25, 0.3) is 0 Å². The molecule has 0 bridgehead atoms. The lowest BCUT2D eigenvalue weighted by molar-refractivity contribution is 0.131. The average molecular weight is 672 g/mol. The van der Waals surface area contributed by atoms with Gasteiger partial charge >= 0.3 is 0 Å². The molecule has 9 rings (SSSR count). The number of rotatable bonds is 2. The SMILES string of the molecule is OC1(c2ccccc2-c2ccccc2)c2cc(Br)c3c(oc4ccccc43)c2-c2c1cc(Br)c1oc3ccccc3c21. The molecule has 8 aromatic rings. The van der Waals surface area contributed by atoms with Crippen LogP contribution in [0.2, 0.25) is 0 Å². The Bertz CT molecular complexity index is 2400. The Morgan fingerprint density at radius 3 is 1.86 bits per heavy atom. The number of hydrogen-bond acceptors (Lipinski definition) is 3. The molecule has 0 fully saturated rings. The first kappa shape index (κ1) is 24.4. The minimum absolute atomic E-state index is 0.740. The molecule has 1 aliphatic carbocycles. The van der Waals surface area contributed by atoms with Gasteiger partial charge in [0.1, 0.15) is 27.9 Å². The zero-order valence-corrected chi connectivity index (χ0v) is 25.2. The fraction of sp³-hybridized carbons (Fsp3) is 0.0270. The summed E-state index contributed by atoms with van der Waals surface area (Å²) in [6.45, 7) is 0. The van der Waals surface area contributed by atoms with Crippen LogP contribution in [-0.4, -0.2) is 5.11 Å². The van der Waals surface area contributed by atoms with Gasteiger partial charge in [-0.3, -0.25) is 0 Å². The fourth-order valence-corrected chi connectivity index (χ4v) is 8.03. The molecular weight excluding hydrogens is 652 g/mol. The van der Waals surface area contributed by atoms with E-state index in [-0.39, 0.29) is 0 Å². The van der Waals surface area contributed by atoms with E-state index >= 15 is 0 Å². The van der Waals surface area contributed by atoms with E-state index in [1.54, 1.807) is 0 Å². The predicted octanol–water partition coefficient (Wildman–Crippen LogP) is 10.9. The first-order valence-electron chi connectivity index (χ1n) is 13.7. The van der Waals surface area contributed by atoms with Crippen molar-refractivity contribution in [1.29, 1.82) is 0 Å². The number of para-hydroxylation sites is 2. The molecule has 6 aromatic carbocycles. The summed E-state index contributed by atoms with van der Waals surface area (Å²) >= 11 is 7.70. The van der Waals surface area contributed by atoms with Crippen molar-refractivity contribution >= 4 is 75.7 Å². The van der Waals surface area contributed by atoms with Crippen LogP contribution < -0.4 is 0 Å². The van der Waals surface area contributed by atoms with Gasteiger partial charge in [0.15, 0.2) is 0 Å². The lowest BCUT2D eigenvalue weighted by Crippen LogP contribution is -2.27. The lowest BCUT2D eigenvalue weighted by Gasteiger charge is -2.29. The molecule has 0 saturated heterocycles. The molecule has 3 nitrogen and oxygen atoms in total. The van der Waals surface area contributed by atoms with E-state index in [9.17, 15) is 5.11 Å². The largest absolute Gasteiger partial charge is 0.455 e. The van der Waals surface area contributed by atoms with Crippen molar-refractivity contribution in [3.05, 3.63) is 141 Å². The number of halogens is 2. The number of hydrogen-bond donors (Lipinski definition) is 1. The Morgan fingerprint density at radius 1 is 0.524 bits per heavy atom. The molecule has 0 amide bonds. The van der Waals surface area contributed by atoms with Gasteiger partial charge in [-0.05, 0) is 67.3 Å². The first-order chi connectivity index (χ1) is 20.6. The fourth-order valence-electron chi connectivity index (χ4n) is 6.89. The third-order valence-corrected chi connectivity index (χ3v) is 9.85. The number of aliphatic hydroxyl groups is 1. The van der Waals surface area contributed by atoms with E-state index in [1.807, 2.05) is 78.9 Å². The van der Waals surface area contributed by atoms with Gasteiger partial charge in [-0.1, -0.05) is 91.0 Å². The van der Waals surface area contributed by atoms with Crippen LogP contribution in [0, 0.1) is 0 Å². The molecule has 200 valence electrons. The highest BCUT2D eigenvalue weighted by Crippen LogP contribution is 2.60. The number of benzene rings is 6. The maximum absolute atomic E-state index is 13.3. The number of furan rings is 2. The molecule has 5 heteroatoms. The van der Waals surface area contributed by atoms with Crippen LogP contribution in [0.4, 0.5) is 0 Å². The Balaban J connectivity index is 1.52. The third-order valence-electron chi connectivity index (χ3n) is 8.64. The smallest absolute Gasteiger partial charge is 0.150 e. The molecule has 2 heterocycles. The van der Waals surface area contributed by atoms with Crippen molar-refractivity contribution < 1.29 is 13.9 Å². The highest BCUT2D eigenvalue weighted by molar-refractivity contribution is 9.11. The van der Waals surface area contributed by atoms with Crippen molar-refractivity contribution in [3.8, 4) is 22.3 Å². The van der Waals surface area contributed by atoms with Crippen LogP contribution in [0.5, 0.6) is 0 Å². The Kier molecular flexibility index (Phi) is 5.05. The van der Waals surface area contributed by atoms with E-state index in [4.69, 9.17) is 8.83 Å². The summed E-state index contributed by atoms with van der Waals surface area (Å²) in [5.41, 5.74) is 7.76. The van der Waals surface area contributed by atoms with Gasteiger partial charge in [0, 0.05) is 53.8 Å². The standard InChI is InChI=1S/C37H20Br2O3/c38-27-18-26-34(36-31(27)22-13-5-8-16-29(22)42-36)33-25(19-28(39)35-32(33)23-14-6-9-17-30(23)41-35)37(26,40)24-15-7-4-12-21(24)20-10-2-1-3-11-20/h1-19,40H. The number of fused-ring (bicyclic) bond motifs is 11. The van der Waals surface area contributed by atoms with Crippen molar-refractivity contribution in [3.63, 3.8) is 0 Å². The van der Waals surface area contributed by atoms with Crippen LogP contribution >= 0.6 is 31.9 Å². The van der Waals surface area contributed by atoms with E-state index < -0.39 is 5.60 Å². The molecule has 0 spiro atoms. The van der Waals surface area contributed by atoms with Crippen LogP contribution in [0.15, 0.2) is 133 Å².